The van der Waals surface area contributed by atoms with Crippen molar-refractivity contribution in [2.75, 3.05) is 5.32 Å². The standard InChI is InChI=1S/C11H15N3/c1-8(2)12-11-13-9-6-4-5-7-10(9)14(11)3/h4-8H,1-3H3,(H,12,13). The molecule has 0 unspecified atom stereocenters. The molecule has 3 heteroatoms. The van der Waals surface area contributed by atoms with Crippen LogP contribution in [-0.4, -0.2) is 15.6 Å². The summed E-state index contributed by atoms with van der Waals surface area (Å²) < 4.78 is 2.08. The van der Waals surface area contributed by atoms with Gasteiger partial charge < -0.3 is 9.88 Å². The summed E-state index contributed by atoms with van der Waals surface area (Å²) in [6.45, 7) is 4.22. The van der Waals surface area contributed by atoms with E-state index in [0.717, 1.165) is 17.0 Å². The SMILES string of the molecule is CC(C)Nc1nc2ccccc2n1C. The highest BCUT2D eigenvalue weighted by Crippen LogP contribution is 2.17. The minimum Gasteiger partial charge on any atom is -0.353 e. The first kappa shape index (κ1) is 9.06. The summed E-state index contributed by atoms with van der Waals surface area (Å²) in [6, 6.07) is 8.55. The van der Waals surface area contributed by atoms with E-state index in [9.17, 15) is 0 Å². The number of fused-ring (bicyclic) bond motifs is 1. The van der Waals surface area contributed by atoms with Gasteiger partial charge in [0.15, 0.2) is 0 Å². The van der Waals surface area contributed by atoms with Crippen molar-refractivity contribution in [2.45, 2.75) is 19.9 Å². The second kappa shape index (κ2) is 3.33. The molecule has 14 heavy (non-hydrogen) atoms. The molecule has 0 atom stereocenters. The molecule has 0 amide bonds. The monoisotopic (exact) mass is 189 g/mol. The summed E-state index contributed by atoms with van der Waals surface area (Å²) in [5.74, 6) is 0.932. The molecular weight excluding hydrogens is 174 g/mol. The lowest BCUT2D eigenvalue weighted by Crippen LogP contribution is -2.13. The van der Waals surface area contributed by atoms with Crippen LogP contribution in [0.5, 0.6) is 0 Å². The van der Waals surface area contributed by atoms with Crippen molar-refractivity contribution in [1.82, 2.24) is 9.55 Å². The Hall–Kier alpha value is -1.51. The van der Waals surface area contributed by atoms with E-state index in [1.807, 2.05) is 25.2 Å². The summed E-state index contributed by atoms with van der Waals surface area (Å²) in [4.78, 5) is 4.50. The van der Waals surface area contributed by atoms with E-state index in [2.05, 4.69) is 34.8 Å². The van der Waals surface area contributed by atoms with E-state index in [1.165, 1.54) is 0 Å². The molecule has 0 aliphatic carbocycles. The Morgan fingerprint density at radius 2 is 2.00 bits per heavy atom. The lowest BCUT2D eigenvalue weighted by atomic mass is 10.3. The van der Waals surface area contributed by atoms with Gasteiger partial charge >= 0.3 is 0 Å². The van der Waals surface area contributed by atoms with Crippen molar-refractivity contribution in [3.05, 3.63) is 24.3 Å². The van der Waals surface area contributed by atoms with Crippen molar-refractivity contribution in [3.63, 3.8) is 0 Å². The molecule has 0 aliphatic rings. The summed E-state index contributed by atoms with van der Waals surface area (Å²) >= 11 is 0. The van der Waals surface area contributed by atoms with Gasteiger partial charge in [0.05, 0.1) is 11.0 Å². The Morgan fingerprint density at radius 3 is 2.64 bits per heavy atom. The smallest absolute Gasteiger partial charge is 0.203 e. The van der Waals surface area contributed by atoms with Gasteiger partial charge in [-0.25, -0.2) is 4.98 Å². The molecular formula is C11H15N3. The molecule has 1 aromatic heterocycles. The van der Waals surface area contributed by atoms with Crippen LogP contribution < -0.4 is 5.32 Å². The minimum atomic E-state index is 0.408. The zero-order chi connectivity index (χ0) is 10.1. The van der Waals surface area contributed by atoms with Gasteiger partial charge in [0.25, 0.3) is 0 Å². The number of anilines is 1. The van der Waals surface area contributed by atoms with Crippen molar-refractivity contribution in [3.8, 4) is 0 Å². The van der Waals surface area contributed by atoms with Crippen LogP contribution in [0.25, 0.3) is 11.0 Å². The maximum atomic E-state index is 4.50. The van der Waals surface area contributed by atoms with Crippen LogP contribution in [0, 0.1) is 0 Å². The fourth-order valence-corrected chi connectivity index (χ4v) is 1.53. The van der Waals surface area contributed by atoms with Gasteiger partial charge in [0.2, 0.25) is 5.95 Å². The van der Waals surface area contributed by atoms with Gasteiger partial charge in [-0.2, -0.15) is 0 Å². The Bertz CT molecular complexity index is 443. The molecule has 0 fully saturated rings. The number of imidazole rings is 1. The van der Waals surface area contributed by atoms with Crippen molar-refractivity contribution >= 4 is 17.0 Å². The lowest BCUT2D eigenvalue weighted by molar-refractivity contribution is 0.843. The van der Waals surface area contributed by atoms with Crippen LogP contribution >= 0.6 is 0 Å². The molecule has 2 aromatic rings. The molecule has 0 spiro atoms. The second-order valence-corrected chi connectivity index (χ2v) is 3.78. The average Bonchev–Trinajstić information content (AvgIpc) is 2.44. The largest absolute Gasteiger partial charge is 0.353 e. The van der Waals surface area contributed by atoms with E-state index in [0.29, 0.717) is 6.04 Å². The van der Waals surface area contributed by atoms with Crippen LogP contribution in [0.1, 0.15) is 13.8 Å². The summed E-state index contributed by atoms with van der Waals surface area (Å²) in [6.07, 6.45) is 0. The van der Waals surface area contributed by atoms with E-state index >= 15 is 0 Å². The quantitative estimate of drug-likeness (QED) is 0.786. The number of aromatic nitrogens is 2. The van der Waals surface area contributed by atoms with E-state index in [1.54, 1.807) is 0 Å². The van der Waals surface area contributed by atoms with Gasteiger partial charge in [-0.3, -0.25) is 0 Å². The molecule has 0 aliphatic heterocycles. The number of aryl methyl sites for hydroxylation is 1. The van der Waals surface area contributed by atoms with Gasteiger partial charge in [0.1, 0.15) is 0 Å². The van der Waals surface area contributed by atoms with Crippen LogP contribution in [-0.2, 0) is 7.05 Å². The first-order chi connectivity index (χ1) is 6.68. The van der Waals surface area contributed by atoms with Gasteiger partial charge in [-0.1, -0.05) is 12.1 Å². The number of hydrogen-bond donors (Lipinski definition) is 1. The zero-order valence-electron chi connectivity index (χ0n) is 8.78. The average molecular weight is 189 g/mol. The third-order valence-corrected chi connectivity index (χ3v) is 2.20. The molecule has 1 heterocycles. The summed E-state index contributed by atoms with van der Waals surface area (Å²) in [7, 11) is 2.03. The fourth-order valence-electron chi connectivity index (χ4n) is 1.53. The highest BCUT2D eigenvalue weighted by molar-refractivity contribution is 5.78. The van der Waals surface area contributed by atoms with Crippen LogP contribution in [0.2, 0.25) is 0 Å². The molecule has 1 aromatic carbocycles. The lowest BCUT2D eigenvalue weighted by Gasteiger charge is -2.08. The molecule has 0 radical (unpaired) electrons. The maximum Gasteiger partial charge on any atom is 0.203 e. The summed E-state index contributed by atoms with van der Waals surface area (Å²) in [5, 5.41) is 3.31. The van der Waals surface area contributed by atoms with Gasteiger partial charge in [-0.15, -0.1) is 0 Å². The van der Waals surface area contributed by atoms with Crippen LogP contribution in [0.3, 0.4) is 0 Å². The third-order valence-electron chi connectivity index (χ3n) is 2.20. The Morgan fingerprint density at radius 1 is 1.29 bits per heavy atom. The van der Waals surface area contributed by atoms with E-state index in [-0.39, 0.29) is 0 Å². The third kappa shape index (κ3) is 1.45. The molecule has 2 rings (SSSR count). The predicted molar refractivity (Wildman–Crippen MR) is 59.5 cm³/mol. The highest BCUT2D eigenvalue weighted by atomic mass is 15.2. The number of nitrogens with one attached hydrogen (secondary N) is 1. The summed E-state index contributed by atoms with van der Waals surface area (Å²) in [5.41, 5.74) is 2.20. The molecule has 3 nitrogen and oxygen atoms in total. The topological polar surface area (TPSA) is 29.9 Å². The zero-order valence-corrected chi connectivity index (χ0v) is 8.78. The minimum absolute atomic E-state index is 0.408. The second-order valence-electron chi connectivity index (χ2n) is 3.78. The van der Waals surface area contributed by atoms with Crippen molar-refractivity contribution in [2.24, 2.45) is 7.05 Å². The fraction of sp³-hybridized carbons (Fsp3) is 0.364. The van der Waals surface area contributed by atoms with E-state index < -0.39 is 0 Å². The van der Waals surface area contributed by atoms with Crippen molar-refractivity contribution in [1.29, 1.82) is 0 Å². The Balaban J connectivity index is 2.51. The Kier molecular flexibility index (Phi) is 2.15. The molecule has 0 saturated heterocycles. The van der Waals surface area contributed by atoms with Gasteiger partial charge in [0, 0.05) is 13.1 Å². The van der Waals surface area contributed by atoms with Crippen LogP contribution in [0.15, 0.2) is 24.3 Å². The van der Waals surface area contributed by atoms with E-state index in [4.69, 9.17) is 0 Å². The number of benzene rings is 1. The number of para-hydroxylation sites is 2. The Labute approximate surface area is 83.8 Å². The normalized spacial score (nSPS) is 11.1. The molecule has 1 N–H and O–H groups in total. The molecule has 0 bridgehead atoms. The van der Waals surface area contributed by atoms with Crippen LogP contribution in [0.4, 0.5) is 5.95 Å². The molecule has 0 saturated carbocycles. The highest BCUT2D eigenvalue weighted by Gasteiger charge is 2.06. The maximum absolute atomic E-state index is 4.50. The number of nitrogens with zero attached hydrogens (tertiary/aromatic N) is 2. The number of hydrogen-bond acceptors (Lipinski definition) is 2. The molecule has 74 valence electrons. The number of rotatable bonds is 2. The predicted octanol–water partition coefficient (Wildman–Crippen LogP) is 2.39. The van der Waals surface area contributed by atoms with Crippen molar-refractivity contribution < 1.29 is 0 Å². The first-order valence-electron chi connectivity index (χ1n) is 4.86. The first-order valence-corrected chi connectivity index (χ1v) is 4.86. The van der Waals surface area contributed by atoms with Gasteiger partial charge in [-0.05, 0) is 26.0 Å².